The molecule has 0 aliphatic heterocycles. The van der Waals surface area contributed by atoms with Crippen LogP contribution in [-0.4, -0.2) is 41.5 Å². The van der Waals surface area contributed by atoms with Gasteiger partial charge in [-0.25, -0.2) is 0 Å². The molecule has 0 saturated heterocycles. The Bertz CT molecular complexity index is 993. The van der Waals surface area contributed by atoms with E-state index in [1.807, 2.05) is 42.5 Å². The van der Waals surface area contributed by atoms with Crippen LogP contribution in [0.5, 0.6) is 17.2 Å². The lowest BCUT2D eigenvalue weighted by molar-refractivity contribution is -0.114. The van der Waals surface area contributed by atoms with Crippen LogP contribution in [0.4, 0.5) is 0 Å². The molecule has 0 saturated carbocycles. The summed E-state index contributed by atoms with van der Waals surface area (Å²) in [4.78, 5) is 13.4. The van der Waals surface area contributed by atoms with Gasteiger partial charge in [-0.3, -0.25) is 4.79 Å². The van der Waals surface area contributed by atoms with Gasteiger partial charge in [0, 0.05) is 12.0 Å². The van der Waals surface area contributed by atoms with Gasteiger partial charge in [0.05, 0.1) is 27.4 Å². The number of Topliss-reactive ketones (excluding diaryl/α,β-unsaturated/α-hetero) is 1. The summed E-state index contributed by atoms with van der Waals surface area (Å²) >= 11 is 0. The van der Waals surface area contributed by atoms with Crippen LogP contribution in [0.2, 0.25) is 18.1 Å². The third-order valence-corrected chi connectivity index (χ3v) is 11.0. The Kier molecular flexibility index (Phi) is 6.86. The summed E-state index contributed by atoms with van der Waals surface area (Å²) < 4.78 is 23.3. The van der Waals surface area contributed by atoms with E-state index in [1.54, 1.807) is 21.3 Å². The Labute approximate surface area is 192 Å². The molecule has 2 aromatic carbocycles. The maximum atomic E-state index is 13.4. The summed E-state index contributed by atoms with van der Waals surface area (Å²) in [5.41, 5.74) is 3.31. The molecule has 0 heterocycles. The highest BCUT2D eigenvalue weighted by Crippen LogP contribution is 2.47. The van der Waals surface area contributed by atoms with Gasteiger partial charge in [0.2, 0.25) is 5.75 Å². The summed E-state index contributed by atoms with van der Waals surface area (Å²) in [5, 5.41) is 0.0349. The van der Waals surface area contributed by atoms with Crippen LogP contribution in [0.25, 0.3) is 11.1 Å². The van der Waals surface area contributed by atoms with E-state index in [2.05, 4.69) is 33.9 Å². The first-order chi connectivity index (χ1) is 15.0. The molecule has 1 unspecified atom stereocenters. The van der Waals surface area contributed by atoms with Crippen molar-refractivity contribution in [3.05, 3.63) is 53.6 Å². The molecule has 1 atom stereocenters. The second-order valence-corrected chi connectivity index (χ2v) is 14.3. The van der Waals surface area contributed by atoms with Crippen LogP contribution in [0, 0.1) is 0 Å². The number of carbonyl (C=O) groups excluding carboxylic acids is 1. The van der Waals surface area contributed by atoms with Gasteiger partial charge in [0.25, 0.3) is 0 Å². The fourth-order valence-corrected chi connectivity index (χ4v) is 5.07. The minimum atomic E-state index is -2.11. The summed E-state index contributed by atoms with van der Waals surface area (Å²) in [7, 11) is 2.61. The van der Waals surface area contributed by atoms with E-state index in [9.17, 15) is 4.79 Å². The van der Waals surface area contributed by atoms with Crippen LogP contribution < -0.4 is 14.2 Å². The molecule has 1 aliphatic rings. The fourth-order valence-electron chi connectivity index (χ4n) is 3.81. The van der Waals surface area contributed by atoms with E-state index in [1.165, 1.54) is 0 Å². The molecule has 1 aliphatic carbocycles. The van der Waals surface area contributed by atoms with Crippen molar-refractivity contribution in [1.29, 1.82) is 0 Å². The van der Waals surface area contributed by atoms with E-state index < -0.39 is 8.32 Å². The van der Waals surface area contributed by atoms with Crippen LogP contribution in [0.3, 0.4) is 0 Å². The van der Waals surface area contributed by atoms with Crippen LogP contribution in [0.15, 0.2) is 42.5 Å². The molecule has 32 heavy (non-hydrogen) atoms. The van der Waals surface area contributed by atoms with Crippen LogP contribution in [-0.2, 0) is 9.22 Å². The minimum absolute atomic E-state index is 0.0349. The predicted octanol–water partition coefficient (Wildman–Crippen LogP) is 5.99. The molecule has 0 spiro atoms. The summed E-state index contributed by atoms with van der Waals surface area (Å²) in [6.45, 7) is 11.1. The Morgan fingerprint density at radius 2 is 1.44 bits per heavy atom. The number of ketones is 1. The van der Waals surface area contributed by atoms with Crippen molar-refractivity contribution in [1.82, 2.24) is 0 Å². The molecular weight excluding hydrogens is 420 g/mol. The Morgan fingerprint density at radius 1 is 0.875 bits per heavy atom. The first-order valence-electron chi connectivity index (χ1n) is 10.8. The van der Waals surface area contributed by atoms with Crippen molar-refractivity contribution in [2.45, 2.75) is 51.4 Å². The zero-order valence-corrected chi connectivity index (χ0v) is 21.4. The highest BCUT2D eigenvalue weighted by atomic mass is 28.4. The molecule has 0 aromatic heterocycles. The van der Waals surface area contributed by atoms with Crippen molar-refractivity contribution in [2.75, 3.05) is 21.3 Å². The third kappa shape index (κ3) is 4.47. The van der Waals surface area contributed by atoms with Gasteiger partial charge in [-0.15, -0.1) is 0 Å². The van der Waals surface area contributed by atoms with Crippen LogP contribution in [0.1, 0.15) is 38.3 Å². The monoisotopic (exact) mass is 454 g/mol. The fraction of sp³-hybridized carbons (Fsp3) is 0.423. The maximum Gasteiger partial charge on any atom is 0.203 e. The number of benzene rings is 2. The van der Waals surface area contributed by atoms with Crippen LogP contribution >= 0.6 is 0 Å². The predicted molar refractivity (Wildman–Crippen MR) is 131 cm³/mol. The lowest BCUT2D eigenvalue weighted by Gasteiger charge is -2.39. The number of carbonyl (C=O) groups is 1. The molecule has 0 amide bonds. The largest absolute Gasteiger partial charge is 0.493 e. The zero-order valence-electron chi connectivity index (χ0n) is 20.4. The average molecular weight is 455 g/mol. The third-order valence-electron chi connectivity index (χ3n) is 6.52. The van der Waals surface area contributed by atoms with E-state index in [0.29, 0.717) is 29.2 Å². The number of methoxy groups -OCH3 is 3. The van der Waals surface area contributed by atoms with E-state index in [-0.39, 0.29) is 16.9 Å². The smallest absolute Gasteiger partial charge is 0.203 e. The normalized spacial score (nSPS) is 17.0. The van der Waals surface area contributed by atoms with Gasteiger partial charge >= 0.3 is 0 Å². The molecule has 3 rings (SSSR count). The average Bonchev–Trinajstić information content (AvgIpc) is 3.07. The van der Waals surface area contributed by atoms with Crippen molar-refractivity contribution in [2.24, 2.45) is 0 Å². The van der Waals surface area contributed by atoms with Gasteiger partial charge in [-0.1, -0.05) is 51.1 Å². The van der Waals surface area contributed by atoms with Gasteiger partial charge in [0.1, 0.15) is 0 Å². The highest BCUT2D eigenvalue weighted by molar-refractivity contribution is 6.74. The number of allylic oxidation sites excluding steroid dienone is 1. The lowest BCUT2D eigenvalue weighted by atomic mass is 9.95. The Morgan fingerprint density at radius 3 is 1.91 bits per heavy atom. The molecular formula is C26H34O5Si. The summed E-state index contributed by atoms with van der Waals surface area (Å²) in [5.74, 6) is 1.59. The van der Waals surface area contributed by atoms with Gasteiger partial charge in [0.15, 0.2) is 25.6 Å². The van der Waals surface area contributed by atoms with Crippen molar-refractivity contribution < 1.29 is 23.4 Å². The summed E-state index contributed by atoms with van der Waals surface area (Å²) in [6.07, 6.45) is 0.0304. The molecule has 2 aromatic rings. The SMILES string of the molecule is COc1cc(C2=C(c3ccccc3)C(O[Si](C)(C)C(C)(C)C)CC2=O)cc(OC)c1OC. The Balaban J connectivity index is 2.23. The summed E-state index contributed by atoms with van der Waals surface area (Å²) in [6, 6.07) is 13.7. The van der Waals surface area contributed by atoms with Crippen molar-refractivity contribution in [3.63, 3.8) is 0 Å². The van der Waals surface area contributed by atoms with Gasteiger partial charge in [-0.2, -0.15) is 0 Å². The van der Waals surface area contributed by atoms with Crippen molar-refractivity contribution >= 4 is 25.2 Å². The molecule has 0 fully saturated rings. The zero-order chi connectivity index (χ0) is 23.7. The molecule has 0 N–H and O–H groups in total. The number of rotatable bonds is 7. The van der Waals surface area contributed by atoms with Gasteiger partial charge < -0.3 is 18.6 Å². The first-order valence-corrected chi connectivity index (χ1v) is 13.8. The molecule has 0 radical (unpaired) electrons. The lowest BCUT2D eigenvalue weighted by Crippen LogP contribution is -2.43. The number of hydrogen-bond acceptors (Lipinski definition) is 5. The van der Waals surface area contributed by atoms with E-state index >= 15 is 0 Å². The Hall–Kier alpha value is -2.57. The highest BCUT2D eigenvalue weighted by Gasteiger charge is 2.43. The first kappa shape index (κ1) is 24.1. The minimum Gasteiger partial charge on any atom is -0.493 e. The molecule has 5 nitrogen and oxygen atoms in total. The molecule has 172 valence electrons. The number of ether oxygens (including phenoxy) is 3. The standard InChI is InChI=1S/C26H34O5Si/c1-26(2,3)32(7,8)31-20-16-19(27)23(24(20)17-12-10-9-11-13-17)18-14-21(28-4)25(30-6)22(15-18)29-5/h9-15,20H,16H2,1-8H3. The van der Waals surface area contributed by atoms with Gasteiger partial charge in [-0.05, 0) is 47.0 Å². The molecule has 0 bridgehead atoms. The maximum absolute atomic E-state index is 13.4. The van der Waals surface area contributed by atoms with Crippen molar-refractivity contribution in [3.8, 4) is 17.2 Å². The topological polar surface area (TPSA) is 54.0 Å². The molecule has 6 heteroatoms. The van der Waals surface area contributed by atoms with E-state index in [4.69, 9.17) is 18.6 Å². The number of hydrogen-bond donors (Lipinski definition) is 0. The second-order valence-electron chi connectivity index (χ2n) is 9.56. The second kappa shape index (κ2) is 9.12. The van der Waals surface area contributed by atoms with E-state index in [0.717, 1.165) is 16.7 Å². The quantitative estimate of drug-likeness (QED) is 0.481.